The monoisotopic (exact) mass is 522 g/mol. The third-order valence-electron chi connectivity index (χ3n) is 5.33. The van der Waals surface area contributed by atoms with Crippen LogP contribution in [0.3, 0.4) is 0 Å². The van der Waals surface area contributed by atoms with Crippen molar-refractivity contribution >= 4 is 41.0 Å². The van der Waals surface area contributed by atoms with Crippen molar-refractivity contribution in [2.75, 3.05) is 26.0 Å². The summed E-state index contributed by atoms with van der Waals surface area (Å²) in [7, 11) is 3.04. The first-order valence-corrected chi connectivity index (χ1v) is 11.7. The van der Waals surface area contributed by atoms with Crippen molar-refractivity contribution in [3.8, 4) is 11.1 Å². The molecule has 10 nitrogen and oxygen atoms in total. The van der Waals surface area contributed by atoms with Crippen LogP contribution in [0.5, 0.6) is 0 Å². The molecule has 2 aromatic carbocycles. The van der Waals surface area contributed by atoms with E-state index in [1.165, 1.54) is 37.3 Å². The van der Waals surface area contributed by atoms with Gasteiger partial charge in [-0.2, -0.15) is 0 Å². The van der Waals surface area contributed by atoms with Crippen LogP contribution in [-0.4, -0.2) is 60.2 Å². The van der Waals surface area contributed by atoms with Crippen molar-refractivity contribution in [3.63, 3.8) is 0 Å². The third kappa shape index (κ3) is 7.60. The SMILES string of the molecule is CN(C)C(=O)C(CNC(=O)C(=O)Nc1ccc(Cl)cn1)NC(=O)c1ccc(-c2cccc(CN)c2)cc1. The molecular formula is C26H27ClN6O4. The lowest BCUT2D eigenvalue weighted by atomic mass is 10.0. The van der Waals surface area contributed by atoms with Gasteiger partial charge in [-0.25, -0.2) is 4.98 Å². The first kappa shape index (κ1) is 27.3. The summed E-state index contributed by atoms with van der Waals surface area (Å²) in [6.45, 7) is 0.124. The molecule has 5 N–H and O–H groups in total. The molecule has 3 rings (SSSR count). The Morgan fingerprint density at radius 1 is 0.973 bits per heavy atom. The minimum atomic E-state index is -1.10. The first-order valence-electron chi connectivity index (χ1n) is 11.3. The van der Waals surface area contributed by atoms with E-state index < -0.39 is 29.7 Å². The second-order valence-corrected chi connectivity index (χ2v) is 8.70. The Morgan fingerprint density at radius 3 is 2.32 bits per heavy atom. The number of hydrogen-bond donors (Lipinski definition) is 4. The molecule has 37 heavy (non-hydrogen) atoms. The largest absolute Gasteiger partial charge is 0.347 e. The molecule has 0 bridgehead atoms. The van der Waals surface area contributed by atoms with E-state index in [2.05, 4.69) is 20.9 Å². The van der Waals surface area contributed by atoms with Crippen LogP contribution in [0.25, 0.3) is 11.1 Å². The predicted octanol–water partition coefficient (Wildman–Crippen LogP) is 1.80. The molecule has 11 heteroatoms. The van der Waals surface area contributed by atoms with Gasteiger partial charge in [-0.15, -0.1) is 0 Å². The van der Waals surface area contributed by atoms with E-state index in [1.807, 2.05) is 24.3 Å². The Bertz CT molecular complexity index is 1280. The molecule has 192 valence electrons. The topological polar surface area (TPSA) is 147 Å². The highest BCUT2D eigenvalue weighted by Crippen LogP contribution is 2.21. The Morgan fingerprint density at radius 2 is 1.70 bits per heavy atom. The van der Waals surface area contributed by atoms with Gasteiger partial charge in [0.25, 0.3) is 5.91 Å². The lowest BCUT2D eigenvalue weighted by molar-refractivity contribution is -0.136. The van der Waals surface area contributed by atoms with Gasteiger partial charge in [0.2, 0.25) is 5.91 Å². The summed E-state index contributed by atoms with van der Waals surface area (Å²) in [4.78, 5) is 55.1. The number of nitrogens with one attached hydrogen (secondary N) is 3. The van der Waals surface area contributed by atoms with Crippen LogP contribution in [-0.2, 0) is 20.9 Å². The Balaban J connectivity index is 1.64. The molecule has 0 saturated heterocycles. The Kier molecular flexibility index (Phi) is 9.31. The average Bonchev–Trinajstić information content (AvgIpc) is 2.91. The van der Waals surface area contributed by atoms with Crippen molar-refractivity contribution in [1.82, 2.24) is 20.5 Å². The minimum absolute atomic E-state index is 0.136. The number of likely N-dealkylation sites (N-methyl/N-ethyl adjacent to an activating group) is 1. The summed E-state index contributed by atoms with van der Waals surface area (Å²) in [6.07, 6.45) is 1.32. The van der Waals surface area contributed by atoms with Crippen molar-refractivity contribution in [2.45, 2.75) is 12.6 Å². The van der Waals surface area contributed by atoms with E-state index in [0.717, 1.165) is 16.7 Å². The summed E-state index contributed by atoms with van der Waals surface area (Å²) >= 11 is 5.75. The minimum Gasteiger partial charge on any atom is -0.347 e. The van der Waals surface area contributed by atoms with Crippen molar-refractivity contribution < 1.29 is 19.2 Å². The number of amides is 4. The molecule has 0 saturated carbocycles. The van der Waals surface area contributed by atoms with Crippen LogP contribution in [0.4, 0.5) is 5.82 Å². The zero-order valence-corrected chi connectivity index (χ0v) is 21.1. The average molecular weight is 523 g/mol. The number of halogens is 1. The number of aromatic nitrogens is 1. The van der Waals surface area contributed by atoms with Gasteiger partial charge in [-0.1, -0.05) is 41.9 Å². The molecule has 1 unspecified atom stereocenters. The summed E-state index contributed by atoms with van der Waals surface area (Å²) in [6, 6.07) is 16.5. The van der Waals surface area contributed by atoms with E-state index in [1.54, 1.807) is 24.3 Å². The summed E-state index contributed by atoms with van der Waals surface area (Å²) < 4.78 is 0. The van der Waals surface area contributed by atoms with Crippen molar-refractivity contribution in [3.05, 3.63) is 83.0 Å². The highest BCUT2D eigenvalue weighted by Gasteiger charge is 2.25. The van der Waals surface area contributed by atoms with E-state index in [4.69, 9.17) is 17.3 Å². The summed E-state index contributed by atoms with van der Waals surface area (Å²) in [5, 5.41) is 7.69. The number of anilines is 1. The standard InChI is InChI=1S/C26H27ClN6O4/c1-33(2)26(37)21(15-30-24(35)25(36)32-22-11-10-20(27)14-29-22)31-23(34)18-8-6-17(7-9-18)19-5-3-4-16(12-19)13-28/h3-12,14,21H,13,15,28H2,1-2H3,(H,30,35)(H,31,34)(H,29,32,36). The van der Waals surface area contributed by atoms with E-state index >= 15 is 0 Å². The number of nitrogens with zero attached hydrogens (tertiary/aromatic N) is 2. The van der Waals surface area contributed by atoms with E-state index in [9.17, 15) is 19.2 Å². The normalized spacial score (nSPS) is 11.2. The van der Waals surface area contributed by atoms with Crippen LogP contribution in [0.1, 0.15) is 15.9 Å². The first-order chi connectivity index (χ1) is 17.7. The molecule has 1 atom stereocenters. The fourth-order valence-electron chi connectivity index (χ4n) is 3.34. The van der Waals surface area contributed by atoms with Gasteiger partial charge in [0.1, 0.15) is 11.9 Å². The molecule has 0 aliphatic rings. The maximum Gasteiger partial charge on any atom is 0.314 e. The smallest absolute Gasteiger partial charge is 0.314 e. The van der Waals surface area contributed by atoms with Gasteiger partial charge >= 0.3 is 11.8 Å². The van der Waals surface area contributed by atoms with Crippen LogP contribution in [0.2, 0.25) is 5.02 Å². The zero-order chi connectivity index (χ0) is 26.9. The lowest BCUT2D eigenvalue weighted by Gasteiger charge is -2.22. The van der Waals surface area contributed by atoms with Gasteiger partial charge in [0, 0.05) is 38.9 Å². The number of benzene rings is 2. The Labute approximate surface area is 219 Å². The quantitative estimate of drug-likeness (QED) is 0.332. The van der Waals surface area contributed by atoms with Gasteiger partial charge < -0.3 is 26.6 Å². The van der Waals surface area contributed by atoms with Crippen LogP contribution >= 0.6 is 11.6 Å². The molecule has 0 fully saturated rings. The number of nitrogens with two attached hydrogens (primary N) is 1. The van der Waals surface area contributed by atoms with Crippen molar-refractivity contribution in [2.24, 2.45) is 5.73 Å². The van der Waals surface area contributed by atoms with Crippen LogP contribution in [0.15, 0.2) is 66.9 Å². The summed E-state index contributed by atoms with van der Waals surface area (Å²) in [5.74, 6) is -2.80. The zero-order valence-electron chi connectivity index (χ0n) is 20.3. The van der Waals surface area contributed by atoms with Gasteiger partial charge in [0.15, 0.2) is 0 Å². The molecular weight excluding hydrogens is 496 g/mol. The summed E-state index contributed by atoms with van der Waals surface area (Å²) in [5.41, 5.74) is 8.90. The van der Waals surface area contributed by atoms with E-state index in [0.29, 0.717) is 17.1 Å². The molecule has 0 spiro atoms. The third-order valence-corrected chi connectivity index (χ3v) is 5.55. The van der Waals surface area contributed by atoms with Gasteiger partial charge in [-0.05, 0) is 47.0 Å². The fourth-order valence-corrected chi connectivity index (χ4v) is 3.45. The molecule has 1 aromatic heterocycles. The highest BCUT2D eigenvalue weighted by atomic mass is 35.5. The predicted molar refractivity (Wildman–Crippen MR) is 141 cm³/mol. The van der Waals surface area contributed by atoms with Crippen LogP contribution in [0, 0.1) is 0 Å². The lowest BCUT2D eigenvalue weighted by Crippen LogP contribution is -2.53. The van der Waals surface area contributed by atoms with Gasteiger partial charge in [0.05, 0.1) is 5.02 Å². The maximum atomic E-state index is 12.9. The molecule has 3 aromatic rings. The van der Waals surface area contributed by atoms with E-state index in [-0.39, 0.29) is 12.4 Å². The molecule has 0 aliphatic carbocycles. The second-order valence-electron chi connectivity index (χ2n) is 8.27. The van der Waals surface area contributed by atoms with Crippen LogP contribution < -0.4 is 21.7 Å². The molecule has 1 heterocycles. The number of hydrogen-bond acceptors (Lipinski definition) is 6. The molecule has 4 amide bonds. The number of rotatable bonds is 8. The highest BCUT2D eigenvalue weighted by molar-refractivity contribution is 6.39. The maximum absolute atomic E-state index is 12.9. The second kappa shape index (κ2) is 12.6. The number of carbonyl (C=O) groups is 4. The number of carbonyl (C=O) groups excluding carboxylic acids is 4. The molecule has 0 aliphatic heterocycles. The fraction of sp³-hybridized carbons (Fsp3) is 0.192. The van der Waals surface area contributed by atoms with Crippen molar-refractivity contribution in [1.29, 1.82) is 0 Å². The Hall–Kier alpha value is -4.28. The van der Waals surface area contributed by atoms with Gasteiger partial charge in [-0.3, -0.25) is 19.2 Å². The number of pyridine rings is 1. The molecule has 0 radical (unpaired) electrons.